The Morgan fingerprint density at radius 2 is 2.19 bits per heavy atom. The third-order valence-corrected chi connectivity index (χ3v) is 5.22. The molecule has 0 radical (unpaired) electrons. The largest absolute Gasteiger partial charge is 0.312 e. The molecule has 2 fully saturated rings. The van der Waals surface area contributed by atoms with E-state index in [9.17, 15) is 0 Å². The Hall–Kier alpha value is -0.0800. The summed E-state index contributed by atoms with van der Waals surface area (Å²) < 4.78 is 0. The summed E-state index contributed by atoms with van der Waals surface area (Å²) >= 11 is 0. The van der Waals surface area contributed by atoms with Crippen molar-refractivity contribution in [3.8, 4) is 0 Å². The first kappa shape index (κ1) is 12.4. The molecule has 2 heterocycles. The fourth-order valence-corrected chi connectivity index (χ4v) is 3.73. The standard InChI is InChI=1S/C14H28N2/c1-5-16-9-13-12(7-6-8-15-13)14(4,10-16)11(2)3/h11-13,15H,5-10H2,1-4H3. The van der Waals surface area contributed by atoms with Crippen molar-refractivity contribution in [2.24, 2.45) is 17.3 Å². The predicted molar refractivity (Wildman–Crippen MR) is 69.6 cm³/mol. The molecular weight excluding hydrogens is 196 g/mol. The molecule has 0 spiro atoms. The Morgan fingerprint density at radius 1 is 1.44 bits per heavy atom. The van der Waals surface area contributed by atoms with Crippen LogP contribution in [0.4, 0.5) is 0 Å². The van der Waals surface area contributed by atoms with Gasteiger partial charge in [-0.1, -0.05) is 27.7 Å². The molecular formula is C14H28N2. The van der Waals surface area contributed by atoms with Crippen LogP contribution in [0.25, 0.3) is 0 Å². The van der Waals surface area contributed by atoms with Gasteiger partial charge >= 0.3 is 0 Å². The van der Waals surface area contributed by atoms with E-state index >= 15 is 0 Å². The average molecular weight is 224 g/mol. The zero-order valence-corrected chi connectivity index (χ0v) is 11.4. The smallest absolute Gasteiger partial charge is 0.0229 e. The van der Waals surface area contributed by atoms with Crippen LogP contribution in [0.3, 0.4) is 0 Å². The minimum absolute atomic E-state index is 0.506. The molecule has 0 saturated carbocycles. The van der Waals surface area contributed by atoms with E-state index in [2.05, 4.69) is 37.9 Å². The third-order valence-electron chi connectivity index (χ3n) is 5.22. The van der Waals surface area contributed by atoms with E-state index < -0.39 is 0 Å². The van der Waals surface area contributed by atoms with Crippen LogP contribution in [-0.4, -0.2) is 37.1 Å². The minimum Gasteiger partial charge on any atom is -0.312 e. The number of fused-ring (bicyclic) bond motifs is 1. The number of rotatable bonds is 2. The summed E-state index contributed by atoms with van der Waals surface area (Å²) in [6.45, 7) is 14.6. The highest BCUT2D eigenvalue weighted by Crippen LogP contribution is 2.44. The van der Waals surface area contributed by atoms with Crippen LogP contribution < -0.4 is 5.32 Å². The van der Waals surface area contributed by atoms with Crippen molar-refractivity contribution in [2.75, 3.05) is 26.2 Å². The molecule has 94 valence electrons. The van der Waals surface area contributed by atoms with E-state index in [-0.39, 0.29) is 0 Å². The van der Waals surface area contributed by atoms with E-state index in [1.54, 1.807) is 0 Å². The number of hydrogen-bond donors (Lipinski definition) is 1. The van der Waals surface area contributed by atoms with Crippen LogP contribution in [0.5, 0.6) is 0 Å². The molecule has 2 saturated heterocycles. The second kappa shape index (κ2) is 4.66. The monoisotopic (exact) mass is 224 g/mol. The van der Waals surface area contributed by atoms with Crippen LogP contribution >= 0.6 is 0 Å². The molecule has 2 rings (SSSR count). The highest BCUT2D eigenvalue weighted by Gasteiger charge is 2.46. The quantitative estimate of drug-likeness (QED) is 0.774. The van der Waals surface area contributed by atoms with Gasteiger partial charge in [0.15, 0.2) is 0 Å². The Balaban J connectivity index is 2.19. The van der Waals surface area contributed by atoms with Crippen LogP contribution in [0.2, 0.25) is 0 Å². The van der Waals surface area contributed by atoms with Gasteiger partial charge in [0.2, 0.25) is 0 Å². The summed E-state index contributed by atoms with van der Waals surface area (Å²) in [6, 6.07) is 0.745. The molecule has 2 heteroatoms. The Bertz CT molecular complexity index is 239. The lowest BCUT2D eigenvalue weighted by atomic mass is 9.61. The van der Waals surface area contributed by atoms with Crippen molar-refractivity contribution in [3.63, 3.8) is 0 Å². The molecule has 0 aliphatic carbocycles. The van der Waals surface area contributed by atoms with Crippen molar-refractivity contribution < 1.29 is 0 Å². The van der Waals surface area contributed by atoms with E-state index in [0.29, 0.717) is 5.41 Å². The fourth-order valence-electron chi connectivity index (χ4n) is 3.73. The number of nitrogens with one attached hydrogen (secondary N) is 1. The molecule has 0 aromatic carbocycles. The predicted octanol–water partition coefficient (Wildman–Crippen LogP) is 2.35. The van der Waals surface area contributed by atoms with Gasteiger partial charge in [0.1, 0.15) is 0 Å². The van der Waals surface area contributed by atoms with Crippen LogP contribution in [0.1, 0.15) is 40.5 Å². The SMILES string of the molecule is CCN1CC2NCCCC2C(C)(C(C)C)C1. The van der Waals surface area contributed by atoms with Crippen molar-refractivity contribution in [3.05, 3.63) is 0 Å². The molecule has 16 heavy (non-hydrogen) atoms. The van der Waals surface area contributed by atoms with Crippen molar-refractivity contribution in [1.82, 2.24) is 10.2 Å². The summed E-state index contributed by atoms with van der Waals surface area (Å²) in [7, 11) is 0. The lowest BCUT2D eigenvalue weighted by Gasteiger charge is -2.54. The summed E-state index contributed by atoms with van der Waals surface area (Å²) in [5, 5.41) is 3.75. The van der Waals surface area contributed by atoms with Gasteiger partial charge in [0.05, 0.1) is 0 Å². The van der Waals surface area contributed by atoms with Gasteiger partial charge in [0, 0.05) is 19.1 Å². The van der Waals surface area contributed by atoms with Gasteiger partial charge in [0.25, 0.3) is 0 Å². The number of likely N-dealkylation sites (tertiary alicyclic amines) is 1. The first-order valence-electron chi connectivity index (χ1n) is 7.03. The molecule has 0 aromatic rings. The molecule has 1 N–H and O–H groups in total. The fraction of sp³-hybridized carbons (Fsp3) is 1.00. The molecule has 3 unspecified atom stereocenters. The van der Waals surface area contributed by atoms with Crippen LogP contribution in [0.15, 0.2) is 0 Å². The van der Waals surface area contributed by atoms with E-state index in [4.69, 9.17) is 0 Å². The second-order valence-corrected chi connectivity index (χ2v) is 6.30. The molecule has 2 aliphatic heterocycles. The highest BCUT2D eigenvalue weighted by atomic mass is 15.2. The molecule has 3 atom stereocenters. The zero-order chi connectivity index (χ0) is 11.8. The van der Waals surface area contributed by atoms with Gasteiger partial charge in [-0.2, -0.15) is 0 Å². The Morgan fingerprint density at radius 3 is 2.81 bits per heavy atom. The highest BCUT2D eigenvalue weighted by molar-refractivity contribution is 5.00. The van der Waals surface area contributed by atoms with E-state index in [1.807, 2.05) is 0 Å². The number of likely N-dealkylation sites (N-methyl/N-ethyl adjacent to an activating group) is 1. The third kappa shape index (κ3) is 2.02. The maximum Gasteiger partial charge on any atom is 0.0229 e. The molecule has 0 amide bonds. The maximum atomic E-state index is 3.75. The molecule has 0 aromatic heterocycles. The minimum atomic E-state index is 0.506. The van der Waals surface area contributed by atoms with Crippen LogP contribution in [0, 0.1) is 17.3 Å². The average Bonchev–Trinajstić information content (AvgIpc) is 2.28. The molecule has 2 nitrogen and oxygen atoms in total. The summed E-state index contributed by atoms with van der Waals surface area (Å²) in [6.07, 6.45) is 2.81. The number of piperidine rings is 2. The lowest BCUT2D eigenvalue weighted by Crippen LogP contribution is -2.62. The summed E-state index contributed by atoms with van der Waals surface area (Å²) in [5.74, 6) is 1.68. The molecule has 2 aliphatic rings. The molecule has 0 bridgehead atoms. The Labute approximate surface area is 101 Å². The number of nitrogens with zero attached hydrogens (tertiary/aromatic N) is 1. The first-order chi connectivity index (χ1) is 7.58. The second-order valence-electron chi connectivity index (χ2n) is 6.30. The van der Waals surface area contributed by atoms with Gasteiger partial charge < -0.3 is 10.2 Å². The zero-order valence-electron chi connectivity index (χ0n) is 11.4. The lowest BCUT2D eigenvalue weighted by molar-refractivity contribution is -0.0327. The Kier molecular flexibility index (Phi) is 3.60. The van der Waals surface area contributed by atoms with Crippen molar-refractivity contribution >= 4 is 0 Å². The van der Waals surface area contributed by atoms with Gasteiger partial charge in [-0.3, -0.25) is 0 Å². The van der Waals surface area contributed by atoms with Crippen molar-refractivity contribution in [2.45, 2.75) is 46.6 Å². The normalized spacial score (nSPS) is 41.1. The van der Waals surface area contributed by atoms with Gasteiger partial charge in [-0.05, 0) is 43.2 Å². The summed E-state index contributed by atoms with van der Waals surface area (Å²) in [5.41, 5.74) is 0.506. The van der Waals surface area contributed by atoms with E-state index in [0.717, 1.165) is 17.9 Å². The maximum absolute atomic E-state index is 3.75. The van der Waals surface area contributed by atoms with Gasteiger partial charge in [-0.15, -0.1) is 0 Å². The van der Waals surface area contributed by atoms with Crippen molar-refractivity contribution in [1.29, 1.82) is 0 Å². The van der Waals surface area contributed by atoms with Gasteiger partial charge in [-0.25, -0.2) is 0 Å². The first-order valence-corrected chi connectivity index (χ1v) is 7.03. The number of hydrogen-bond acceptors (Lipinski definition) is 2. The summed E-state index contributed by atoms with van der Waals surface area (Å²) in [4.78, 5) is 2.64. The topological polar surface area (TPSA) is 15.3 Å². The van der Waals surface area contributed by atoms with Crippen LogP contribution in [-0.2, 0) is 0 Å². The van der Waals surface area contributed by atoms with E-state index in [1.165, 1.54) is 39.0 Å².